The Bertz CT molecular complexity index is 625. The minimum Gasteiger partial charge on any atom is -0.508 e. The van der Waals surface area contributed by atoms with Gasteiger partial charge in [0.15, 0.2) is 0 Å². The van der Waals surface area contributed by atoms with E-state index >= 15 is 0 Å². The van der Waals surface area contributed by atoms with Crippen LogP contribution < -0.4 is 0 Å². The highest BCUT2D eigenvalue weighted by Crippen LogP contribution is 2.43. The van der Waals surface area contributed by atoms with Gasteiger partial charge in [0.1, 0.15) is 5.75 Å². The number of phenolic OH excluding ortho intramolecular Hbond substituents is 1. The summed E-state index contributed by atoms with van der Waals surface area (Å²) in [6.07, 6.45) is 6.24. The van der Waals surface area contributed by atoms with E-state index in [1.54, 1.807) is 0 Å². The lowest BCUT2D eigenvalue weighted by molar-refractivity contribution is 0.315. The van der Waals surface area contributed by atoms with Crippen LogP contribution in [0.5, 0.6) is 5.75 Å². The summed E-state index contributed by atoms with van der Waals surface area (Å²) < 4.78 is 0. The Hall–Kier alpha value is -1.54. The van der Waals surface area contributed by atoms with Gasteiger partial charge in [0.05, 0.1) is 6.61 Å². The second kappa shape index (κ2) is 7.57. The van der Waals surface area contributed by atoms with Crippen LogP contribution in [0.4, 0.5) is 0 Å². The van der Waals surface area contributed by atoms with E-state index in [9.17, 15) is 10.2 Å². The molecule has 2 rings (SSSR count). The minimum atomic E-state index is 0.0666. The van der Waals surface area contributed by atoms with Gasteiger partial charge in [-0.2, -0.15) is 0 Å². The third-order valence-electron chi connectivity index (χ3n) is 5.51. The highest BCUT2D eigenvalue weighted by molar-refractivity contribution is 5.45. The Morgan fingerprint density at radius 2 is 2.04 bits per heavy atom. The zero-order valence-corrected chi connectivity index (χ0v) is 15.6. The molecule has 1 aromatic carbocycles. The number of aliphatic hydroxyl groups is 1. The van der Waals surface area contributed by atoms with Gasteiger partial charge in [-0.15, -0.1) is 0 Å². The summed E-state index contributed by atoms with van der Waals surface area (Å²) in [6.45, 7) is 13.0. The molecule has 0 saturated carbocycles. The molecule has 24 heavy (non-hydrogen) atoms. The predicted octanol–water partition coefficient (Wildman–Crippen LogP) is 5.46. The summed E-state index contributed by atoms with van der Waals surface area (Å²) >= 11 is 0. The van der Waals surface area contributed by atoms with E-state index in [1.165, 1.54) is 5.56 Å². The highest BCUT2D eigenvalue weighted by Gasteiger charge is 2.29. The standard InChI is InChI=1S/C22H32O2/c1-6-11-22(4,5)17-8-10-19(21(24)13-17)20-12-16(14-23)7-9-18(20)15(2)3/h8,10,12-13,18,20,23-24H,2,6-7,9,11,14H2,1,3-5H3. The Morgan fingerprint density at radius 3 is 2.58 bits per heavy atom. The van der Waals surface area contributed by atoms with Crippen LogP contribution in [0.3, 0.4) is 0 Å². The maximum atomic E-state index is 10.7. The molecule has 1 aromatic rings. The van der Waals surface area contributed by atoms with Gasteiger partial charge < -0.3 is 10.2 Å². The highest BCUT2D eigenvalue weighted by atomic mass is 16.3. The molecule has 0 spiro atoms. The summed E-state index contributed by atoms with van der Waals surface area (Å²) in [5.41, 5.74) is 4.40. The van der Waals surface area contributed by atoms with Gasteiger partial charge >= 0.3 is 0 Å². The molecule has 0 saturated heterocycles. The number of benzene rings is 1. The van der Waals surface area contributed by atoms with E-state index in [0.717, 1.165) is 42.4 Å². The van der Waals surface area contributed by atoms with E-state index in [0.29, 0.717) is 11.7 Å². The monoisotopic (exact) mass is 328 g/mol. The summed E-state index contributed by atoms with van der Waals surface area (Å²) in [7, 11) is 0. The van der Waals surface area contributed by atoms with E-state index in [-0.39, 0.29) is 17.9 Å². The van der Waals surface area contributed by atoms with Crippen LogP contribution in [0.1, 0.15) is 70.4 Å². The lowest BCUT2D eigenvalue weighted by Crippen LogP contribution is -2.20. The largest absolute Gasteiger partial charge is 0.508 e. The molecule has 1 aliphatic carbocycles. The quantitative estimate of drug-likeness (QED) is 0.681. The first-order valence-corrected chi connectivity index (χ1v) is 9.09. The van der Waals surface area contributed by atoms with Gasteiger partial charge in [0, 0.05) is 11.5 Å². The van der Waals surface area contributed by atoms with Crippen molar-refractivity contribution in [3.05, 3.63) is 53.1 Å². The third-order valence-corrected chi connectivity index (χ3v) is 5.51. The molecule has 0 heterocycles. The molecule has 2 heteroatoms. The lowest BCUT2D eigenvalue weighted by atomic mass is 9.73. The number of allylic oxidation sites excluding steroid dienone is 2. The topological polar surface area (TPSA) is 40.5 Å². The number of aromatic hydroxyl groups is 1. The maximum Gasteiger partial charge on any atom is 0.119 e. The van der Waals surface area contributed by atoms with Crippen LogP contribution in [0.25, 0.3) is 0 Å². The second-order valence-corrected chi connectivity index (χ2v) is 7.91. The minimum absolute atomic E-state index is 0.0666. The van der Waals surface area contributed by atoms with Crippen molar-refractivity contribution in [3.8, 4) is 5.75 Å². The molecule has 0 amide bonds. The summed E-state index contributed by atoms with van der Waals surface area (Å²) in [5.74, 6) is 0.783. The molecule has 0 aliphatic heterocycles. The van der Waals surface area contributed by atoms with Crippen LogP contribution in [0.15, 0.2) is 42.0 Å². The Labute approximate surface area is 146 Å². The van der Waals surface area contributed by atoms with Gasteiger partial charge in [-0.3, -0.25) is 0 Å². The molecule has 0 bridgehead atoms. The SMILES string of the molecule is C=C(C)C1CCC(CO)=CC1c1ccc(C(C)(C)CCC)cc1O. The molecule has 0 fully saturated rings. The van der Waals surface area contributed by atoms with E-state index in [4.69, 9.17) is 0 Å². The van der Waals surface area contributed by atoms with Crippen LogP contribution >= 0.6 is 0 Å². The van der Waals surface area contributed by atoms with Crippen LogP contribution in [0.2, 0.25) is 0 Å². The molecule has 2 atom stereocenters. The average Bonchev–Trinajstić information content (AvgIpc) is 2.54. The van der Waals surface area contributed by atoms with E-state index < -0.39 is 0 Å². The number of phenols is 1. The van der Waals surface area contributed by atoms with E-state index in [2.05, 4.69) is 52.5 Å². The Kier molecular flexibility index (Phi) is 5.92. The van der Waals surface area contributed by atoms with Gasteiger partial charge in [-0.1, -0.05) is 57.6 Å². The normalized spacial score (nSPS) is 21.5. The number of hydrogen-bond donors (Lipinski definition) is 2. The van der Waals surface area contributed by atoms with Gasteiger partial charge in [0.25, 0.3) is 0 Å². The molecule has 132 valence electrons. The molecule has 0 radical (unpaired) electrons. The van der Waals surface area contributed by atoms with Crippen LogP contribution in [0, 0.1) is 5.92 Å². The van der Waals surface area contributed by atoms with Gasteiger partial charge in [0.2, 0.25) is 0 Å². The van der Waals surface area contributed by atoms with Crippen molar-refractivity contribution in [3.63, 3.8) is 0 Å². The van der Waals surface area contributed by atoms with Crippen molar-refractivity contribution in [2.75, 3.05) is 6.61 Å². The number of hydrogen-bond acceptors (Lipinski definition) is 2. The molecule has 2 unspecified atom stereocenters. The fraction of sp³-hybridized carbons (Fsp3) is 0.545. The van der Waals surface area contributed by atoms with Gasteiger partial charge in [-0.25, -0.2) is 0 Å². The van der Waals surface area contributed by atoms with Gasteiger partial charge in [-0.05, 0) is 54.7 Å². The van der Waals surface area contributed by atoms with Crippen molar-refractivity contribution in [1.82, 2.24) is 0 Å². The maximum absolute atomic E-state index is 10.7. The van der Waals surface area contributed by atoms with Crippen LogP contribution in [-0.2, 0) is 5.41 Å². The first-order valence-electron chi connectivity index (χ1n) is 9.09. The van der Waals surface area contributed by atoms with Crippen molar-refractivity contribution in [2.24, 2.45) is 5.92 Å². The van der Waals surface area contributed by atoms with Crippen molar-refractivity contribution in [2.45, 2.75) is 64.7 Å². The first kappa shape index (κ1) is 18.8. The van der Waals surface area contributed by atoms with Crippen molar-refractivity contribution >= 4 is 0 Å². The lowest BCUT2D eigenvalue weighted by Gasteiger charge is -2.32. The number of rotatable bonds is 6. The van der Waals surface area contributed by atoms with Crippen molar-refractivity contribution in [1.29, 1.82) is 0 Å². The molecule has 0 aromatic heterocycles. The smallest absolute Gasteiger partial charge is 0.119 e. The van der Waals surface area contributed by atoms with Crippen molar-refractivity contribution < 1.29 is 10.2 Å². The summed E-state index contributed by atoms with van der Waals surface area (Å²) in [5, 5.41) is 20.2. The fourth-order valence-electron chi connectivity index (χ4n) is 3.98. The molecular weight excluding hydrogens is 296 g/mol. The predicted molar refractivity (Wildman–Crippen MR) is 101 cm³/mol. The van der Waals surface area contributed by atoms with E-state index in [1.807, 2.05) is 6.07 Å². The molecule has 2 nitrogen and oxygen atoms in total. The second-order valence-electron chi connectivity index (χ2n) is 7.91. The molecule has 2 N–H and O–H groups in total. The molecular formula is C22H32O2. The molecule has 1 aliphatic rings. The summed E-state index contributed by atoms with van der Waals surface area (Å²) in [4.78, 5) is 0. The van der Waals surface area contributed by atoms with Crippen LogP contribution in [-0.4, -0.2) is 16.8 Å². The third kappa shape index (κ3) is 3.92. The Morgan fingerprint density at radius 1 is 1.33 bits per heavy atom. The Balaban J connectivity index is 2.41. The average molecular weight is 328 g/mol. The zero-order chi connectivity index (χ0) is 17.9. The fourth-order valence-corrected chi connectivity index (χ4v) is 3.98. The number of aliphatic hydroxyl groups excluding tert-OH is 1. The summed E-state index contributed by atoms with van der Waals surface area (Å²) in [6, 6.07) is 6.16. The first-order chi connectivity index (χ1) is 11.3. The zero-order valence-electron chi connectivity index (χ0n) is 15.6.